The van der Waals surface area contributed by atoms with Crippen LogP contribution < -0.4 is 27.8 Å². The molecule has 12 heavy (non-hydrogen) atoms. The number of rotatable bonds is 0. The van der Waals surface area contributed by atoms with Crippen molar-refractivity contribution in [2.75, 3.05) is 0 Å². The summed E-state index contributed by atoms with van der Waals surface area (Å²) in [6.07, 6.45) is 1.79. The SMILES string of the molecule is Cn1ccc(=C(N)N)/c1=C(\N)Cl. The van der Waals surface area contributed by atoms with E-state index in [0.29, 0.717) is 10.6 Å². The standard InChI is InChI=1S/C7H11ClN4/c1-12-3-2-4(7(10)11)5(12)6(8)9/h2-3H,9-11H2,1H3/b6-5+. The Balaban J connectivity index is 3.80. The van der Waals surface area contributed by atoms with Gasteiger partial charge in [0.1, 0.15) is 11.0 Å². The van der Waals surface area contributed by atoms with Crippen LogP contribution in [0.4, 0.5) is 0 Å². The second-order valence-corrected chi connectivity index (χ2v) is 2.90. The summed E-state index contributed by atoms with van der Waals surface area (Å²) < 4.78 is 1.76. The van der Waals surface area contributed by atoms with E-state index < -0.39 is 0 Å². The Labute approximate surface area is 74.9 Å². The smallest absolute Gasteiger partial charge is 0.124 e. The Kier molecular flexibility index (Phi) is 2.19. The number of nitrogens with zero attached hydrogens (tertiary/aromatic N) is 1. The number of hydrogen-bond donors (Lipinski definition) is 3. The number of aromatic nitrogens is 1. The van der Waals surface area contributed by atoms with Crippen LogP contribution in [-0.2, 0) is 7.05 Å². The fourth-order valence-corrected chi connectivity index (χ4v) is 1.29. The molecule has 0 atom stereocenters. The fourth-order valence-electron chi connectivity index (χ4n) is 1.06. The molecule has 0 amide bonds. The van der Waals surface area contributed by atoms with Gasteiger partial charge in [-0.3, -0.25) is 0 Å². The Morgan fingerprint density at radius 3 is 2.33 bits per heavy atom. The zero-order chi connectivity index (χ0) is 9.30. The normalized spacial score (nSPS) is 12.8. The van der Waals surface area contributed by atoms with E-state index >= 15 is 0 Å². The van der Waals surface area contributed by atoms with Crippen molar-refractivity contribution < 1.29 is 0 Å². The molecule has 1 aromatic rings. The molecule has 1 heterocycles. The summed E-state index contributed by atoms with van der Waals surface area (Å²) >= 11 is 5.65. The maximum absolute atomic E-state index is 5.65. The lowest BCUT2D eigenvalue weighted by molar-refractivity contribution is 0.884. The topological polar surface area (TPSA) is 83.0 Å². The van der Waals surface area contributed by atoms with Crippen LogP contribution in [0, 0.1) is 0 Å². The zero-order valence-corrected chi connectivity index (χ0v) is 7.47. The molecule has 0 aliphatic carbocycles. The van der Waals surface area contributed by atoms with Gasteiger partial charge in [0.15, 0.2) is 0 Å². The lowest BCUT2D eigenvalue weighted by Crippen LogP contribution is -2.36. The Hall–Kier alpha value is -1.29. The Morgan fingerprint density at radius 1 is 1.42 bits per heavy atom. The van der Waals surface area contributed by atoms with Crippen LogP contribution in [0.2, 0.25) is 0 Å². The average molecular weight is 187 g/mol. The molecule has 0 radical (unpaired) electrons. The molecule has 0 bridgehead atoms. The van der Waals surface area contributed by atoms with E-state index in [1.807, 2.05) is 7.05 Å². The largest absolute Gasteiger partial charge is 0.388 e. The van der Waals surface area contributed by atoms with Crippen LogP contribution in [0.5, 0.6) is 0 Å². The molecule has 0 aliphatic rings. The molecule has 0 aliphatic heterocycles. The lowest BCUT2D eigenvalue weighted by atomic mass is 10.4. The van der Waals surface area contributed by atoms with Crippen molar-refractivity contribution in [2.24, 2.45) is 24.2 Å². The molecule has 0 fully saturated rings. The van der Waals surface area contributed by atoms with E-state index in [9.17, 15) is 0 Å². The quantitative estimate of drug-likeness (QED) is 0.421. The predicted molar refractivity (Wildman–Crippen MR) is 49.9 cm³/mol. The molecular weight excluding hydrogens is 176 g/mol. The fraction of sp³-hybridized carbons (Fsp3) is 0.143. The first-order valence-corrected chi connectivity index (χ1v) is 3.73. The van der Waals surface area contributed by atoms with Gasteiger partial charge >= 0.3 is 0 Å². The van der Waals surface area contributed by atoms with Crippen molar-refractivity contribution in [1.29, 1.82) is 0 Å². The second kappa shape index (κ2) is 2.98. The van der Waals surface area contributed by atoms with Crippen molar-refractivity contribution in [2.45, 2.75) is 0 Å². The summed E-state index contributed by atoms with van der Waals surface area (Å²) in [6.45, 7) is 0. The minimum atomic E-state index is 0.186. The highest BCUT2D eigenvalue weighted by molar-refractivity contribution is 6.44. The number of nitrogens with two attached hydrogens (primary N) is 3. The average Bonchev–Trinajstić information content (AvgIpc) is 2.30. The van der Waals surface area contributed by atoms with Gasteiger partial charge in [-0.05, 0) is 6.07 Å². The molecular formula is C7H11ClN4. The van der Waals surface area contributed by atoms with E-state index in [0.717, 1.165) is 0 Å². The number of aryl methyl sites for hydroxylation is 1. The van der Waals surface area contributed by atoms with E-state index in [-0.39, 0.29) is 11.0 Å². The van der Waals surface area contributed by atoms with Crippen LogP contribution in [0.15, 0.2) is 12.3 Å². The first-order chi connectivity index (χ1) is 5.54. The van der Waals surface area contributed by atoms with Gasteiger partial charge in [0.05, 0.1) is 5.35 Å². The molecule has 0 aromatic carbocycles. The molecule has 0 spiro atoms. The third kappa shape index (κ3) is 1.33. The van der Waals surface area contributed by atoms with E-state index in [1.165, 1.54) is 0 Å². The number of halogens is 1. The Morgan fingerprint density at radius 2 is 2.00 bits per heavy atom. The van der Waals surface area contributed by atoms with Gasteiger partial charge < -0.3 is 21.8 Å². The maximum Gasteiger partial charge on any atom is 0.124 e. The van der Waals surface area contributed by atoms with Crippen LogP contribution in [0.25, 0.3) is 11.0 Å². The van der Waals surface area contributed by atoms with E-state index in [1.54, 1.807) is 16.8 Å². The third-order valence-electron chi connectivity index (χ3n) is 1.61. The highest BCUT2D eigenvalue weighted by Gasteiger charge is 1.97. The Bertz CT molecular complexity index is 396. The minimum absolute atomic E-state index is 0.186. The van der Waals surface area contributed by atoms with Gasteiger partial charge in [-0.15, -0.1) is 0 Å². The lowest BCUT2D eigenvalue weighted by Gasteiger charge is -1.93. The maximum atomic E-state index is 5.65. The van der Waals surface area contributed by atoms with E-state index in [2.05, 4.69) is 0 Å². The molecule has 0 saturated carbocycles. The molecule has 1 aromatic heterocycles. The summed E-state index contributed by atoms with van der Waals surface area (Å²) in [7, 11) is 1.82. The van der Waals surface area contributed by atoms with Gasteiger partial charge in [0, 0.05) is 18.5 Å². The molecule has 5 heteroatoms. The van der Waals surface area contributed by atoms with Gasteiger partial charge in [-0.1, -0.05) is 11.6 Å². The first kappa shape index (κ1) is 8.80. The van der Waals surface area contributed by atoms with Gasteiger partial charge in [0.25, 0.3) is 0 Å². The van der Waals surface area contributed by atoms with Crippen LogP contribution in [0.3, 0.4) is 0 Å². The van der Waals surface area contributed by atoms with Crippen molar-refractivity contribution >= 4 is 22.6 Å². The van der Waals surface area contributed by atoms with Crippen LogP contribution in [0.1, 0.15) is 0 Å². The summed E-state index contributed by atoms with van der Waals surface area (Å²) in [6, 6.07) is 1.76. The van der Waals surface area contributed by atoms with Crippen molar-refractivity contribution in [3.8, 4) is 0 Å². The van der Waals surface area contributed by atoms with Crippen molar-refractivity contribution in [1.82, 2.24) is 4.57 Å². The molecule has 4 nitrogen and oxygen atoms in total. The summed E-state index contributed by atoms with van der Waals surface area (Å²) in [5.74, 6) is 0.217. The molecule has 0 unspecified atom stereocenters. The highest BCUT2D eigenvalue weighted by atomic mass is 35.5. The highest BCUT2D eigenvalue weighted by Crippen LogP contribution is 1.84. The molecule has 6 N–H and O–H groups in total. The predicted octanol–water partition coefficient (Wildman–Crippen LogP) is -1.73. The van der Waals surface area contributed by atoms with Gasteiger partial charge in [0.2, 0.25) is 0 Å². The van der Waals surface area contributed by atoms with Crippen LogP contribution >= 0.6 is 11.6 Å². The van der Waals surface area contributed by atoms with E-state index in [4.69, 9.17) is 28.8 Å². The second-order valence-electron chi connectivity index (χ2n) is 2.49. The molecule has 1 rings (SSSR count). The molecule has 66 valence electrons. The van der Waals surface area contributed by atoms with Crippen molar-refractivity contribution in [3.05, 3.63) is 22.8 Å². The van der Waals surface area contributed by atoms with Gasteiger partial charge in [-0.2, -0.15) is 0 Å². The van der Waals surface area contributed by atoms with Crippen LogP contribution in [-0.4, -0.2) is 4.57 Å². The van der Waals surface area contributed by atoms with Gasteiger partial charge in [-0.25, -0.2) is 0 Å². The summed E-state index contributed by atoms with van der Waals surface area (Å²) in [5.41, 5.74) is 16.3. The molecule has 0 saturated heterocycles. The van der Waals surface area contributed by atoms with Crippen molar-refractivity contribution in [3.63, 3.8) is 0 Å². The first-order valence-electron chi connectivity index (χ1n) is 3.36. The summed E-state index contributed by atoms with van der Waals surface area (Å²) in [5, 5.41) is 1.51. The minimum Gasteiger partial charge on any atom is -0.388 e. The third-order valence-corrected chi connectivity index (χ3v) is 1.79. The summed E-state index contributed by atoms with van der Waals surface area (Å²) in [4.78, 5) is 0. The number of hydrogen-bond acceptors (Lipinski definition) is 3. The monoisotopic (exact) mass is 186 g/mol. The zero-order valence-electron chi connectivity index (χ0n) is 6.71.